The molecule has 7 heteroatoms. The molecule has 0 spiro atoms. The molecule has 0 saturated heterocycles. The van der Waals surface area contributed by atoms with E-state index in [-0.39, 0.29) is 22.9 Å². The van der Waals surface area contributed by atoms with Crippen molar-refractivity contribution in [2.45, 2.75) is 25.9 Å². The van der Waals surface area contributed by atoms with Crippen LogP contribution in [0, 0.1) is 11.6 Å². The van der Waals surface area contributed by atoms with Gasteiger partial charge >= 0.3 is 0 Å². The number of pyridine rings is 1. The fourth-order valence-corrected chi connectivity index (χ4v) is 3.94. The normalized spacial score (nSPS) is 13.5. The molecule has 1 aliphatic carbocycles. The van der Waals surface area contributed by atoms with Gasteiger partial charge in [-0.05, 0) is 72.9 Å². The largest absolute Gasteiger partial charge is 0.543 e. The number of carboxylic acid groups (broad SMARTS) is 1. The Hall–Kier alpha value is -3.25. The van der Waals surface area contributed by atoms with Crippen molar-refractivity contribution in [2.24, 2.45) is 0 Å². The van der Waals surface area contributed by atoms with Gasteiger partial charge < -0.3 is 14.6 Å². The Morgan fingerprint density at radius 1 is 1.06 bits per heavy atom. The quantitative estimate of drug-likeness (QED) is 0.538. The SMILES string of the molecule is O=C([O-])c1cccc(C2=C(c3cc(F)ccc3OCc3c(F)cccc3Cl)CCC2)n1. The molecular weight excluding hydrogens is 424 g/mol. The number of aromatic nitrogens is 1. The van der Waals surface area contributed by atoms with Crippen LogP contribution in [0.4, 0.5) is 8.78 Å². The van der Waals surface area contributed by atoms with E-state index < -0.39 is 17.6 Å². The van der Waals surface area contributed by atoms with Crippen molar-refractivity contribution in [3.8, 4) is 5.75 Å². The minimum Gasteiger partial charge on any atom is -0.543 e. The van der Waals surface area contributed by atoms with Gasteiger partial charge in [0.25, 0.3) is 0 Å². The first-order chi connectivity index (χ1) is 14.9. The molecule has 3 aromatic rings. The second-order valence-corrected chi connectivity index (χ2v) is 7.54. The van der Waals surface area contributed by atoms with Gasteiger partial charge in [-0.25, -0.2) is 13.8 Å². The lowest BCUT2D eigenvalue weighted by Crippen LogP contribution is -2.23. The molecule has 158 valence electrons. The lowest BCUT2D eigenvalue weighted by atomic mass is 9.98. The minimum absolute atomic E-state index is 0.120. The summed E-state index contributed by atoms with van der Waals surface area (Å²) < 4.78 is 34.1. The Balaban J connectivity index is 1.73. The molecule has 1 heterocycles. The predicted octanol–water partition coefficient (Wildman–Crippen LogP) is 5.05. The van der Waals surface area contributed by atoms with E-state index in [2.05, 4.69) is 4.98 Å². The summed E-state index contributed by atoms with van der Waals surface area (Å²) in [6.45, 7) is -0.120. The molecule has 0 bridgehead atoms. The van der Waals surface area contributed by atoms with Crippen molar-refractivity contribution in [1.82, 2.24) is 4.98 Å². The number of aromatic carboxylic acids is 1. The summed E-state index contributed by atoms with van der Waals surface area (Å²) in [6, 6.07) is 13.2. The van der Waals surface area contributed by atoms with Crippen LogP contribution in [0.3, 0.4) is 0 Å². The third-order valence-corrected chi connectivity index (χ3v) is 5.54. The number of nitrogens with zero attached hydrogens (tertiary/aromatic N) is 1. The van der Waals surface area contributed by atoms with E-state index in [9.17, 15) is 18.7 Å². The van der Waals surface area contributed by atoms with Crippen LogP contribution in [0.1, 0.15) is 46.6 Å². The summed E-state index contributed by atoms with van der Waals surface area (Å²) in [5.74, 6) is -1.91. The number of benzene rings is 2. The Morgan fingerprint density at radius 3 is 2.61 bits per heavy atom. The average Bonchev–Trinajstić information content (AvgIpc) is 3.24. The first-order valence-electron chi connectivity index (χ1n) is 9.70. The molecule has 31 heavy (non-hydrogen) atoms. The monoisotopic (exact) mass is 440 g/mol. The number of allylic oxidation sites excluding steroid dienone is 2. The Kier molecular flexibility index (Phi) is 6.00. The number of carboxylic acids is 1. The van der Waals surface area contributed by atoms with Gasteiger partial charge in [-0.2, -0.15) is 0 Å². The molecule has 1 aliphatic rings. The molecule has 0 aliphatic heterocycles. The average molecular weight is 441 g/mol. The molecule has 0 unspecified atom stereocenters. The van der Waals surface area contributed by atoms with Crippen molar-refractivity contribution in [1.29, 1.82) is 0 Å². The standard InChI is InChI=1S/C24H18ClF2NO3/c25-19-6-2-7-20(27)18(19)13-31-23-11-10-14(26)12-17(23)15-4-1-5-16(15)21-8-3-9-22(28-21)24(29)30/h2-3,6-12H,1,4-5,13H2,(H,29,30)/p-1. The van der Waals surface area contributed by atoms with Gasteiger partial charge in [0.1, 0.15) is 24.0 Å². The molecule has 1 aromatic heterocycles. The van der Waals surface area contributed by atoms with Crippen LogP contribution in [-0.2, 0) is 6.61 Å². The van der Waals surface area contributed by atoms with Crippen molar-refractivity contribution in [3.05, 3.63) is 93.8 Å². The highest BCUT2D eigenvalue weighted by Crippen LogP contribution is 2.42. The van der Waals surface area contributed by atoms with Crippen molar-refractivity contribution >= 4 is 28.7 Å². The molecular formula is C24H17ClF2NO3-. The van der Waals surface area contributed by atoms with Gasteiger partial charge in [-0.3, -0.25) is 0 Å². The molecule has 0 atom stereocenters. The third kappa shape index (κ3) is 4.44. The van der Waals surface area contributed by atoms with Crippen LogP contribution >= 0.6 is 11.6 Å². The van der Waals surface area contributed by atoms with Crippen molar-refractivity contribution in [3.63, 3.8) is 0 Å². The highest BCUT2D eigenvalue weighted by molar-refractivity contribution is 6.31. The maximum absolute atomic E-state index is 14.1. The summed E-state index contributed by atoms with van der Waals surface area (Å²) in [7, 11) is 0. The topological polar surface area (TPSA) is 62.2 Å². The highest BCUT2D eigenvalue weighted by atomic mass is 35.5. The second-order valence-electron chi connectivity index (χ2n) is 7.14. The minimum atomic E-state index is -1.36. The van der Waals surface area contributed by atoms with E-state index in [1.54, 1.807) is 18.2 Å². The van der Waals surface area contributed by atoms with Gasteiger partial charge in [0.05, 0.1) is 22.4 Å². The van der Waals surface area contributed by atoms with Crippen LogP contribution < -0.4 is 9.84 Å². The number of hydrogen-bond donors (Lipinski definition) is 0. The number of hydrogen-bond acceptors (Lipinski definition) is 4. The predicted molar refractivity (Wildman–Crippen MR) is 111 cm³/mol. The van der Waals surface area contributed by atoms with Crippen LogP contribution in [0.2, 0.25) is 5.02 Å². The number of halogens is 3. The molecule has 4 nitrogen and oxygen atoms in total. The summed E-state index contributed by atoms with van der Waals surface area (Å²) >= 11 is 6.08. The zero-order valence-corrected chi connectivity index (χ0v) is 17.1. The van der Waals surface area contributed by atoms with Crippen molar-refractivity contribution < 1.29 is 23.4 Å². The molecule has 0 saturated carbocycles. The van der Waals surface area contributed by atoms with E-state index in [0.29, 0.717) is 29.8 Å². The lowest BCUT2D eigenvalue weighted by Gasteiger charge is -2.15. The van der Waals surface area contributed by atoms with E-state index in [4.69, 9.17) is 16.3 Å². The number of ether oxygens (including phenoxy) is 1. The molecule has 2 aromatic carbocycles. The van der Waals surface area contributed by atoms with E-state index in [0.717, 1.165) is 17.6 Å². The fraction of sp³-hybridized carbons (Fsp3) is 0.167. The lowest BCUT2D eigenvalue weighted by molar-refractivity contribution is -0.255. The number of carbonyl (C=O) groups is 1. The van der Waals surface area contributed by atoms with E-state index >= 15 is 0 Å². The summed E-state index contributed by atoms with van der Waals surface area (Å²) in [5.41, 5.74) is 2.71. The van der Waals surface area contributed by atoms with Crippen LogP contribution in [0.15, 0.2) is 54.6 Å². The third-order valence-electron chi connectivity index (χ3n) is 5.19. The molecule has 0 N–H and O–H groups in total. The van der Waals surface area contributed by atoms with Gasteiger partial charge in [0, 0.05) is 11.1 Å². The molecule has 0 fully saturated rings. The van der Waals surface area contributed by atoms with Gasteiger partial charge in [-0.15, -0.1) is 0 Å². The Bertz CT molecular complexity index is 1170. The van der Waals surface area contributed by atoms with Crippen molar-refractivity contribution in [2.75, 3.05) is 0 Å². The number of rotatable bonds is 6. The highest BCUT2D eigenvalue weighted by Gasteiger charge is 2.22. The summed E-state index contributed by atoms with van der Waals surface area (Å²) in [5, 5.41) is 11.4. The molecule has 0 radical (unpaired) electrons. The van der Waals surface area contributed by atoms with Gasteiger partial charge in [-0.1, -0.05) is 23.7 Å². The smallest absolute Gasteiger partial charge is 0.131 e. The first kappa shape index (κ1) is 21.0. The van der Waals surface area contributed by atoms with E-state index in [1.807, 2.05) is 0 Å². The fourth-order valence-electron chi connectivity index (χ4n) is 3.72. The summed E-state index contributed by atoms with van der Waals surface area (Å²) in [4.78, 5) is 15.4. The maximum Gasteiger partial charge on any atom is 0.131 e. The Morgan fingerprint density at radius 2 is 1.84 bits per heavy atom. The maximum atomic E-state index is 14.1. The van der Waals surface area contributed by atoms with Crippen LogP contribution in [-0.4, -0.2) is 11.0 Å². The van der Waals surface area contributed by atoms with E-state index in [1.165, 1.54) is 36.4 Å². The summed E-state index contributed by atoms with van der Waals surface area (Å²) in [6.07, 6.45) is 2.11. The zero-order valence-electron chi connectivity index (χ0n) is 16.3. The number of carbonyl (C=O) groups excluding carboxylic acids is 1. The van der Waals surface area contributed by atoms with Gasteiger partial charge in [0.2, 0.25) is 0 Å². The van der Waals surface area contributed by atoms with Crippen LogP contribution in [0.5, 0.6) is 5.75 Å². The van der Waals surface area contributed by atoms with Crippen LogP contribution in [0.25, 0.3) is 11.1 Å². The molecule has 0 amide bonds. The van der Waals surface area contributed by atoms with Gasteiger partial charge in [0.15, 0.2) is 0 Å². The second kappa shape index (κ2) is 8.86. The zero-order chi connectivity index (χ0) is 22.0. The Labute approximate surface area is 182 Å². The first-order valence-corrected chi connectivity index (χ1v) is 10.1. The molecule has 4 rings (SSSR count).